The van der Waals surface area contributed by atoms with Crippen LogP contribution in [0.1, 0.15) is 58.8 Å². The van der Waals surface area contributed by atoms with E-state index in [1.165, 1.54) is 16.7 Å². The Morgan fingerprint density at radius 3 is 2.69 bits per heavy atom. The van der Waals surface area contributed by atoms with Crippen molar-refractivity contribution in [1.82, 2.24) is 9.47 Å². The van der Waals surface area contributed by atoms with Gasteiger partial charge in [-0.05, 0) is 85.4 Å². The lowest BCUT2D eigenvalue weighted by molar-refractivity contribution is 0.100. The van der Waals surface area contributed by atoms with Gasteiger partial charge in [-0.15, -0.1) is 0 Å². The number of hydrogen-bond acceptors (Lipinski definition) is 5. The molecule has 2 N–H and O–H groups in total. The van der Waals surface area contributed by atoms with E-state index in [1.54, 1.807) is 20.3 Å². The highest BCUT2D eigenvalue weighted by molar-refractivity contribution is 6.03. The van der Waals surface area contributed by atoms with Gasteiger partial charge in [-0.3, -0.25) is 4.79 Å². The third-order valence-corrected chi connectivity index (χ3v) is 7.60. The van der Waals surface area contributed by atoms with E-state index >= 15 is 0 Å². The molecule has 0 spiro atoms. The molecule has 1 aliphatic heterocycles. The molecule has 7 heteroatoms. The molecule has 0 atom stereocenters. The van der Waals surface area contributed by atoms with Gasteiger partial charge in [-0.2, -0.15) is 0 Å². The van der Waals surface area contributed by atoms with Gasteiger partial charge < -0.3 is 24.8 Å². The number of benzene rings is 2. The monoisotopic (exact) mass is 474 g/mol. The standard InChI is InChI=1S/C28H34N4O3/c1-34-27-9-8-23-22(4-3-5-25(23)30-35-2)24(27)13-16-31-14-11-21(12-15-31)32-17-10-19-6-7-20(28(29)33)18-26(19)32/h6-10,17-18,21H,3-5,11-16H2,1-2H3,(H2,29,33)/b30-25+. The summed E-state index contributed by atoms with van der Waals surface area (Å²) in [7, 11) is 3.37. The molecule has 35 heavy (non-hydrogen) atoms. The Morgan fingerprint density at radius 1 is 1.11 bits per heavy atom. The second kappa shape index (κ2) is 10.1. The Labute approximate surface area is 206 Å². The van der Waals surface area contributed by atoms with Gasteiger partial charge >= 0.3 is 0 Å². The molecule has 2 aliphatic rings. The summed E-state index contributed by atoms with van der Waals surface area (Å²) in [5.41, 5.74) is 12.1. The van der Waals surface area contributed by atoms with Crippen LogP contribution in [0.4, 0.5) is 0 Å². The molecule has 0 radical (unpaired) electrons. The van der Waals surface area contributed by atoms with Crippen molar-refractivity contribution in [3.05, 3.63) is 64.8 Å². The number of ether oxygens (including phenoxy) is 1. The molecule has 5 rings (SSSR count). The van der Waals surface area contributed by atoms with E-state index in [4.69, 9.17) is 15.3 Å². The third kappa shape index (κ3) is 4.65. The topological polar surface area (TPSA) is 82.1 Å². The van der Waals surface area contributed by atoms with Gasteiger partial charge in [0.25, 0.3) is 0 Å². The Kier molecular flexibility index (Phi) is 6.77. The van der Waals surface area contributed by atoms with Gasteiger partial charge in [-0.25, -0.2) is 0 Å². The summed E-state index contributed by atoms with van der Waals surface area (Å²) >= 11 is 0. The number of amides is 1. The fourth-order valence-electron chi connectivity index (χ4n) is 5.78. The Hall–Kier alpha value is -3.32. The maximum absolute atomic E-state index is 11.7. The van der Waals surface area contributed by atoms with Crippen LogP contribution in [0.3, 0.4) is 0 Å². The Bertz CT molecular complexity index is 1250. The average molecular weight is 475 g/mol. The van der Waals surface area contributed by atoms with E-state index in [9.17, 15) is 4.79 Å². The van der Waals surface area contributed by atoms with E-state index in [-0.39, 0.29) is 5.91 Å². The van der Waals surface area contributed by atoms with Gasteiger partial charge in [0.05, 0.1) is 12.8 Å². The van der Waals surface area contributed by atoms with Crippen molar-refractivity contribution in [1.29, 1.82) is 0 Å². The van der Waals surface area contributed by atoms with Gasteiger partial charge in [-0.1, -0.05) is 11.2 Å². The van der Waals surface area contributed by atoms with Gasteiger partial charge in [0.2, 0.25) is 5.91 Å². The first-order valence-electron chi connectivity index (χ1n) is 12.5. The molecule has 0 bridgehead atoms. The Balaban J connectivity index is 1.27. The summed E-state index contributed by atoms with van der Waals surface area (Å²) in [4.78, 5) is 19.3. The summed E-state index contributed by atoms with van der Waals surface area (Å²) in [5, 5.41) is 5.43. The first-order chi connectivity index (χ1) is 17.1. The number of aromatic nitrogens is 1. The van der Waals surface area contributed by atoms with Crippen molar-refractivity contribution >= 4 is 22.5 Å². The molecular weight excluding hydrogens is 440 g/mol. The van der Waals surface area contributed by atoms with Crippen LogP contribution in [0.2, 0.25) is 0 Å². The van der Waals surface area contributed by atoms with E-state index in [0.717, 1.165) is 80.5 Å². The van der Waals surface area contributed by atoms with Crippen molar-refractivity contribution in [3.63, 3.8) is 0 Å². The predicted molar refractivity (Wildman–Crippen MR) is 138 cm³/mol. The maximum Gasteiger partial charge on any atom is 0.248 e. The van der Waals surface area contributed by atoms with Crippen LogP contribution in [0, 0.1) is 0 Å². The lowest BCUT2D eigenvalue weighted by Crippen LogP contribution is -2.36. The molecule has 184 valence electrons. The summed E-state index contributed by atoms with van der Waals surface area (Å²) in [5.74, 6) is 0.593. The van der Waals surface area contributed by atoms with E-state index in [0.29, 0.717) is 11.6 Å². The van der Waals surface area contributed by atoms with Crippen LogP contribution < -0.4 is 10.5 Å². The molecule has 3 aromatic rings. The summed E-state index contributed by atoms with van der Waals surface area (Å²) < 4.78 is 8.08. The van der Waals surface area contributed by atoms with Crippen LogP contribution in [0.15, 0.2) is 47.8 Å². The molecule has 2 aromatic carbocycles. The third-order valence-electron chi connectivity index (χ3n) is 7.60. The highest BCUT2D eigenvalue weighted by Gasteiger charge is 2.25. The number of carbonyl (C=O) groups excluding carboxylic acids is 1. The molecule has 2 heterocycles. The fourth-order valence-corrected chi connectivity index (χ4v) is 5.78. The molecule has 7 nitrogen and oxygen atoms in total. The lowest BCUT2D eigenvalue weighted by atomic mass is 9.85. The minimum Gasteiger partial charge on any atom is -0.496 e. The molecule has 1 fully saturated rings. The zero-order valence-corrected chi connectivity index (χ0v) is 20.6. The van der Waals surface area contributed by atoms with Crippen molar-refractivity contribution in [3.8, 4) is 5.75 Å². The fraction of sp³-hybridized carbons (Fsp3) is 0.429. The lowest BCUT2D eigenvalue weighted by Gasteiger charge is -2.33. The van der Waals surface area contributed by atoms with E-state index in [2.05, 4.69) is 39.0 Å². The Morgan fingerprint density at radius 2 is 1.94 bits per heavy atom. The molecule has 1 amide bonds. The van der Waals surface area contributed by atoms with Crippen LogP contribution in [-0.2, 0) is 17.7 Å². The largest absolute Gasteiger partial charge is 0.496 e. The van der Waals surface area contributed by atoms with E-state index < -0.39 is 0 Å². The zero-order chi connectivity index (χ0) is 24.4. The maximum atomic E-state index is 11.7. The smallest absolute Gasteiger partial charge is 0.248 e. The summed E-state index contributed by atoms with van der Waals surface area (Å²) in [6.07, 6.45) is 8.37. The van der Waals surface area contributed by atoms with Gasteiger partial charge in [0, 0.05) is 48.5 Å². The highest BCUT2D eigenvalue weighted by Crippen LogP contribution is 2.33. The van der Waals surface area contributed by atoms with Crippen molar-refractivity contribution < 1.29 is 14.4 Å². The number of methoxy groups -OCH3 is 1. The summed E-state index contributed by atoms with van der Waals surface area (Å²) in [6, 6.07) is 12.5. The number of nitrogens with two attached hydrogens (primary N) is 1. The SMILES string of the molecule is CO/N=C1\CCCc2c1ccc(OC)c2CCN1CCC(n2ccc3ccc(C(N)=O)cc32)CC1. The van der Waals surface area contributed by atoms with Crippen LogP contribution >= 0.6 is 0 Å². The first-order valence-corrected chi connectivity index (χ1v) is 12.5. The molecule has 0 unspecified atom stereocenters. The number of primary amides is 1. The predicted octanol–water partition coefficient (Wildman–Crippen LogP) is 4.32. The first kappa shape index (κ1) is 23.4. The number of fused-ring (bicyclic) bond motifs is 2. The van der Waals surface area contributed by atoms with Crippen LogP contribution in [-0.4, -0.2) is 54.9 Å². The minimum absolute atomic E-state index is 0.381. The van der Waals surface area contributed by atoms with Crippen LogP contribution in [0.25, 0.3) is 10.9 Å². The number of hydrogen-bond donors (Lipinski definition) is 1. The number of rotatable bonds is 7. The number of nitrogens with zero attached hydrogens (tertiary/aromatic N) is 3. The van der Waals surface area contributed by atoms with Gasteiger partial charge in [0.1, 0.15) is 12.9 Å². The minimum atomic E-state index is -0.381. The quantitative estimate of drug-likeness (QED) is 0.517. The second-order valence-electron chi connectivity index (χ2n) is 9.53. The average Bonchev–Trinajstić information content (AvgIpc) is 3.31. The molecular formula is C28H34N4O3. The van der Waals surface area contributed by atoms with E-state index in [1.807, 2.05) is 12.1 Å². The highest BCUT2D eigenvalue weighted by atomic mass is 16.6. The molecule has 1 saturated heterocycles. The molecule has 1 aliphatic carbocycles. The van der Waals surface area contributed by atoms with Crippen molar-refractivity contribution in [2.24, 2.45) is 10.9 Å². The molecule has 1 aromatic heterocycles. The van der Waals surface area contributed by atoms with Crippen LogP contribution in [0.5, 0.6) is 5.75 Å². The van der Waals surface area contributed by atoms with Gasteiger partial charge in [0.15, 0.2) is 0 Å². The number of piperidine rings is 1. The molecule has 0 saturated carbocycles. The number of carbonyl (C=O) groups is 1. The number of oxime groups is 1. The summed E-state index contributed by atoms with van der Waals surface area (Å²) in [6.45, 7) is 3.11. The number of likely N-dealkylation sites (tertiary alicyclic amines) is 1. The second-order valence-corrected chi connectivity index (χ2v) is 9.53. The zero-order valence-electron chi connectivity index (χ0n) is 20.6. The normalized spacial score (nSPS) is 18.1. The van der Waals surface area contributed by atoms with Crippen molar-refractivity contribution in [2.75, 3.05) is 33.9 Å². The van der Waals surface area contributed by atoms with Crippen molar-refractivity contribution in [2.45, 2.75) is 44.6 Å².